The highest BCUT2D eigenvalue weighted by Crippen LogP contribution is 2.19. The lowest BCUT2D eigenvalue weighted by atomic mass is 10.1. The Balaban J connectivity index is 0.00000364. The first kappa shape index (κ1) is 24.1. The summed E-state index contributed by atoms with van der Waals surface area (Å²) in [6.07, 6.45) is 0.922. The first-order chi connectivity index (χ1) is 12.4. The summed E-state index contributed by atoms with van der Waals surface area (Å²) < 4.78 is 1.94. The van der Waals surface area contributed by atoms with Crippen LogP contribution in [0.5, 0.6) is 0 Å². The maximum atomic E-state index is 5.91. The zero-order valence-corrected chi connectivity index (χ0v) is 20.4. The third-order valence-corrected chi connectivity index (χ3v) is 5.52. The maximum absolute atomic E-state index is 5.91. The van der Waals surface area contributed by atoms with Gasteiger partial charge in [0.15, 0.2) is 5.96 Å². The average Bonchev–Trinajstić information content (AvgIpc) is 2.85. The van der Waals surface area contributed by atoms with Crippen LogP contribution in [-0.4, -0.2) is 41.1 Å². The molecule has 5 nitrogen and oxygen atoms in total. The third-order valence-electron chi connectivity index (χ3n) is 4.25. The van der Waals surface area contributed by atoms with Crippen molar-refractivity contribution in [2.45, 2.75) is 38.1 Å². The zero-order valence-electron chi connectivity index (χ0n) is 16.5. The quantitative estimate of drug-likeness (QED) is 0.189. The van der Waals surface area contributed by atoms with Crippen LogP contribution in [0.3, 0.4) is 0 Å². The van der Waals surface area contributed by atoms with E-state index in [2.05, 4.69) is 41.5 Å². The molecule has 0 fully saturated rings. The Kier molecular flexibility index (Phi) is 10.5. The first-order valence-electron chi connectivity index (χ1n) is 8.75. The van der Waals surface area contributed by atoms with Crippen molar-refractivity contribution in [3.05, 3.63) is 46.2 Å². The maximum Gasteiger partial charge on any atom is 0.191 e. The smallest absolute Gasteiger partial charge is 0.191 e. The normalized spacial score (nSPS) is 12.4. The van der Waals surface area contributed by atoms with Gasteiger partial charge in [0.2, 0.25) is 0 Å². The van der Waals surface area contributed by atoms with Crippen molar-refractivity contribution in [2.75, 3.05) is 19.3 Å². The van der Waals surface area contributed by atoms with E-state index < -0.39 is 0 Å². The number of thioether (sulfide) groups is 1. The fraction of sp³-hybridized carbons (Fsp3) is 0.474. The van der Waals surface area contributed by atoms with Crippen LogP contribution in [-0.2, 0) is 13.5 Å². The fourth-order valence-corrected chi connectivity index (χ4v) is 3.66. The summed E-state index contributed by atoms with van der Waals surface area (Å²) >= 11 is 7.70. The molecule has 1 aromatic heterocycles. The molecule has 1 unspecified atom stereocenters. The molecule has 0 bridgehead atoms. The van der Waals surface area contributed by atoms with Crippen molar-refractivity contribution in [1.82, 2.24) is 20.4 Å². The van der Waals surface area contributed by atoms with Crippen LogP contribution in [0.4, 0.5) is 0 Å². The summed E-state index contributed by atoms with van der Waals surface area (Å²) in [5, 5.41) is 12.1. The highest BCUT2D eigenvalue weighted by atomic mass is 127. The minimum Gasteiger partial charge on any atom is -0.356 e. The Hall–Kier alpha value is -0.930. The number of guanidine groups is 1. The van der Waals surface area contributed by atoms with Crippen LogP contribution >= 0.6 is 47.3 Å². The highest BCUT2D eigenvalue weighted by Gasteiger charge is 2.13. The minimum atomic E-state index is 0. The van der Waals surface area contributed by atoms with Crippen molar-refractivity contribution in [3.63, 3.8) is 0 Å². The number of benzene rings is 1. The van der Waals surface area contributed by atoms with E-state index in [0.29, 0.717) is 0 Å². The van der Waals surface area contributed by atoms with Gasteiger partial charge in [-0.25, -0.2) is 0 Å². The average molecular weight is 522 g/mol. The van der Waals surface area contributed by atoms with Gasteiger partial charge < -0.3 is 10.6 Å². The number of nitrogens with zero attached hydrogens (tertiary/aromatic N) is 3. The zero-order chi connectivity index (χ0) is 19.1. The molecule has 0 spiro atoms. The standard InChI is InChI=1S/C19H28ClN5S.HI/c1-13(12-18-14(2)24-25(5)15(18)3)23-19(21-4)22-10-11-26-17-8-6-16(20)7-9-17;/h6-9,13H,10-12H2,1-5H3,(H2,21,22,23);1H. The molecule has 0 aliphatic heterocycles. The number of aliphatic imine (C=N–C) groups is 1. The molecule has 0 aliphatic carbocycles. The van der Waals surface area contributed by atoms with Gasteiger partial charge in [-0.15, -0.1) is 35.7 Å². The van der Waals surface area contributed by atoms with Gasteiger partial charge in [-0.2, -0.15) is 5.10 Å². The second kappa shape index (κ2) is 11.8. The SMILES string of the molecule is CN=C(NCCSc1ccc(Cl)cc1)NC(C)Cc1c(C)nn(C)c1C.I. The number of aromatic nitrogens is 2. The third kappa shape index (κ3) is 7.54. The van der Waals surface area contributed by atoms with Crippen LogP contribution in [0.15, 0.2) is 34.2 Å². The molecule has 150 valence electrons. The number of rotatable bonds is 7. The number of halogens is 2. The van der Waals surface area contributed by atoms with Crippen molar-refractivity contribution in [2.24, 2.45) is 12.0 Å². The molecule has 1 heterocycles. The Morgan fingerprint density at radius 2 is 1.96 bits per heavy atom. The lowest BCUT2D eigenvalue weighted by Crippen LogP contribution is -2.43. The predicted molar refractivity (Wildman–Crippen MR) is 128 cm³/mol. The molecule has 2 rings (SSSR count). The molecule has 0 amide bonds. The summed E-state index contributed by atoms with van der Waals surface area (Å²) in [6, 6.07) is 8.19. The van der Waals surface area contributed by atoms with Crippen molar-refractivity contribution < 1.29 is 0 Å². The van der Waals surface area contributed by atoms with Gasteiger partial charge in [0, 0.05) is 48.0 Å². The second-order valence-corrected chi connectivity index (χ2v) is 7.93. The Bertz CT molecular complexity index is 745. The van der Waals surface area contributed by atoms with Crippen LogP contribution in [0.25, 0.3) is 0 Å². The highest BCUT2D eigenvalue weighted by molar-refractivity contribution is 14.0. The van der Waals surface area contributed by atoms with Gasteiger partial charge in [-0.1, -0.05) is 11.6 Å². The van der Waals surface area contributed by atoms with Crippen LogP contribution in [0.1, 0.15) is 23.9 Å². The van der Waals surface area contributed by atoms with E-state index >= 15 is 0 Å². The first-order valence-corrected chi connectivity index (χ1v) is 10.1. The fourth-order valence-electron chi connectivity index (χ4n) is 2.77. The van der Waals surface area contributed by atoms with Gasteiger partial charge in [0.05, 0.1) is 5.69 Å². The number of aryl methyl sites for hydroxylation is 2. The van der Waals surface area contributed by atoms with Crippen molar-refractivity contribution in [1.29, 1.82) is 0 Å². The van der Waals surface area contributed by atoms with Gasteiger partial charge in [0.25, 0.3) is 0 Å². The monoisotopic (exact) mass is 521 g/mol. The second-order valence-electron chi connectivity index (χ2n) is 6.32. The van der Waals surface area contributed by atoms with Crippen molar-refractivity contribution in [3.8, 4) is 0 Å². The Morgan fingerprint density at radius 1 is 1.30 bits per heavy atom. The van der Waals surface area contributed by atoms with Gasteiger partial charge in [0.1, 0.15) is 0 Å². The molecule has 1 aromatic carbocycles. The number of hydrogen-bond acceptors (Lipinski definition) is 3. The summed E-state index contributed by atoms with van der Waals surface area (Å²) in [4.78, 5) is 5.54. The topological polar surface area (TPSA) is 54.2 Å². The van der Waals surface area contributed by atoms with Crippen molar-refractivity contribution >= 4 is 53.3 Å². The molecule has 0 radical (unpaired) electrons. The summed E-state index contributed by atoms with van der Waals surface area (Å²) in [5.41, 5.74) is 3.63. The van der Waals surface area contributed by atoms with E-state index in [9.17, 15) is 0 Å². The molecule has 0 saturated carbocycles. The summed E-state index contributed by atoms with van der Waals surface area (Å²) in [6.45, 7) is 7.19. The van der Waals surface area contributed by atoms with Crippen LogP contribution < -0.4 is 10.6 Å². The van der Waals surface area contributed by atoms with E-state index in [1.54, 1.807) is 18.8 Å². The molecule has 2 aromatic rings. The van der Waals surface area contributed by atoms with Gasteiger partial charge in [-0.05, 0) is 57.0 Å². The summed E-state index contributed by atoms with van der Waals surface area (Å²) in [7, 11) is 3.79. The van der Waals surface area contributed by atoms with E-state index in [1.807, 2.05) is 36.0 Å². The molecule has 0 aliphatic rings. The number of hydrogen-bond donors (Lipinski definition) is 2. The molecule has 0 saturated heterocycles. The lowest BCUT2D eigenvalue weighted by Gasteiger charge is -2.18. The predicted octanol–water partition coefficient (Wildman–Crippen LogP) is 4.20. The van der Waals surface area contributed by atoms with E-state index in [4.69, 9.17) is 11.6 Å². The lowest BCUT2D eigenvalue weighted by molar-refractivity contribution is 0.638. The minimum absolute atomic E-state index is 0. The Morgan fingerprint density at radius 3 is 2.52 bits per heavy atom. The molecule has 1 atom stereocenters. The number of nitrogens with one attached hydrogen (secondary N) is 2. The molecular weight excluding hydrogens is 493 g/mol. The van der Waals surface area contributed by atoms with Crippen LogP contribution in [0, 0.1) is 13.8 Å². The van der Waals surface area contributed by atoms with E-state index in [0.717, 1.165) is 35.4 Å². The van der Waals surface area contributed by atoms with Crippen LogP contribution in [0.2, 0.25) is 5.02 Å². The largest absolute Gasteiger partial charge is 0.356 e. The summed E-state index contributed by atoms with van der Waals surface area (Å²) in [5.74, 6) is 1.78. The van der Waals surface area contributed by atoms with E-state index in [1.165, 1.54) is 16.2 Å². The molecule has 2 N–H and O–H groups in total. The molecule has 8 heteroatoms. The van der Waals surface area contributed by atoms with Gasteiger partial charge >= 0.3 is 0 Å². The van der Waals surface area contributed by atoms with Gasteiger partial charge in [-0.3, -0.25) is 9.67 Å². The van der Waals surface area contributed by atoms with E-state index in [-0.39, 0.29) is 30.0 Å². The Labute approximate surface area is 188 Å². The molecule has 27 heavy (non-hydrogen) atoms. The molecular formula is C19H29ClIN5S.